The molecule has 4 heteroatoms. The van der Waals surface area contributed by atoms with Crippen molar-refractivity contribution in [2.24, 2.45) is 4.99 Å². The lowest BCUT2D eigenvalue weighted by atomic mass is 9.90. The van der Waals surface area contributed by atoms with E-state index in [9.17, 15) is 4.79 Å². The number of amidine groups is 1. The zero-order chi connectivity index (χ0) is 26.5. The molecule has 2 N–H and O–H groups in total. The maximum absolute atomic E-state index is 12.7. The summed E-state index contributed by atoms with van der Waals surface area (Å²) in [5, 5.41) is 9.06. The van der Waals surface area contributed by atoms with E-state index in [1.54, 1.807) is 0 Å². The summed E-state index contributed by atoms with van der Waals surface area (Å²) in [6.07, 6.45) is 4.97. The molecule has 4 nitrogen and oxygen atoms in total. The number of aliphatic imine (C=N–C) groups is 1. The van der Waals surface area contributed by atoms with Crippen LogP contribution in [-0.4, -0.2) is 18.3 Å². The molecule has 0 saturated heterocycles. The molecular weight excluding hydrogens is 466 g/mol. The van der Waals surface area contributed by atoms with Gasteiger partial charge in [0.15, 0.2) is 0 Å². The van der Waals surface area contributed by atoms with Gasteiger partial charge in [0.1, 0.15) is 5.84 Å². The largest absolute Gasteiger partial charge is 0.352 e. The maximum Gasteiger partial charge on any atom is 0.251 e. The van der Waals surface area contributed by atoms with Crippen LogP contribution in [0.3, 0.4) is 0 Å². The molecule has 1 amide bonds. The number of aryl methyl sites for hydroxylation is 1. The van der Waals surface area contributed by atoms with Crippen molar-refractivity contribution in [1.29, 1.82) is 0 Å². The van der Waals surface area contributed by atoms with Crippen LogP contribution < -0.4 is 10.6 Å². The summed E-state index contributed by atoms with van der Waals surface area (Å²) in [4.78, 5) is 17.8. The van der Waals surface area contributed by atoms with Crippen LogP contribution >= 0.6 is 0 Å². The first-order valence-electron chi connectivity index (χ1n) is 13.6. The number of hydrogen-bond donors (Lipinski definition) is 2. The van der Waals surface area contributed by atoms with Crippen molar-refractivity contribution in [3.8, 4) is 0 Å². The van der Waals surface area contributed by atoms with E-state index in [-0.39, 0.29) is 5.91 Å². The van der Waals surface area contributed by atoms with E-state index in [0.717, 1.165) is 47.6 Å². The molecule has 1 aliphatic heterocycles. The SMILES string of the molecule is CCCNC(=O)c1cccc(C2=CCC(C)c3ccccc3C(Nc3ccc4ccc(CC)cc4c3)=N2)c1. The fourth-order valence-electron chi connectivity index (χ4n) is 4.95. The number of nitrogens with one attached hydrogen (secondary N) is 2. The maximum atomic E-state index is 12.7. The van der Waals surface area contributed by atoms with Gasteiger partial charge in [0.05, 0.1) is 5.70 Å². The van der Waals surface area contributed by atoms with Crippen molar-refractivity contribution < 1.29 is 4.79 Å². The summed E-state index contributed by atoms with van der Waals surface area (Å²) in [6, 6.07) is 29.4. The van der Waals surface area contributed by atoms with E-state index in [1.807, 2.05) is 24.3 Å². The number of fused-ring (bicyclic) bond motifs is 2. The molecule has 0 aliphatic carbocycles. The first kappa shape index (κ1) is 25.5. The highest BCUT2D eigenvalue weighted by Crippen LogP contribution is 2.31. The van der Waals surface area contributed by atoms with Crippen LogP contribution in [0, 0.1) is 0 Å². The van der Waals surface area contributed by atoms with Gasteiger partial charge < -0.3 is 10.6 Å². The minimum atomic E-state index is -0.0520. The first-order valence-corrected chi connectivity index (χ1v) is 13.6. The highest BCUT2D eigenvalue weighted by molar-refractivity contribution is 6.12. The zero-order valence-corrected chi connectivity index (χ0v) is 22.4. The fraction of sp³-hybridized carbons (Fsp3) is 0.235. The molecule has 0 aromatic heterocycles. The van der Waals surface area contributed by atoms with Crippen LogP contribution in [0.25, 0.3) is 16.5 Å². The Kier molecular flexibility index (Phi) is 7.69. The van der Waals surface area contributed by atoms with Crippen LogP contribution in [-0.2, 0) is 6.42 Å². The van der Waals surface area contributed by atoms with Crippen molar-refractivity contribution in [2.45, 2.75) is 46.0 Å². The third-order valence-electron chi connectivity index (χ3n) is 7.18. The van der Waals surface area contributed by atoms with E-state index in [1.165, 1.54) is 21.9 Å². The Morgan fingerprint density at radius 2 is 1.76 bits per heavy atom. The first-order chi connectivity index (χ1) is 18.6. The van der Waals surface area contributed by atoms with E-state index in [4.69, 9.17) is 4.99 Å². The summed E-state index contributed by atoms with van der Waals surface area (Å²) in [6.45, 7) is 7.15. The number of amides is 1. The molecule has 1 aliphatic rings. The Morgan fingerprint density at radius 3 is 2.61 bits per heavy atom. The van der Waals surface area contributed by atoms with Gasteiger partial charge in [-0.15, -0.1) is 0 Å². The lowest BCUT2D eigenvalue weighted by Gasteiger charge is -2.21. The molecule has 0 saturated carbocycles. The molecule has 0 spiro atoms. The second-order valence-corrected chi connectivity index (χ2v) is 9.99. The zero-order valence-electron chi connectivity index (χ0n) is 22.4. The second-order valence-electron chi connectivity index (χ2n) is 9.99. The summed E-state index contributed by atoms with van der Waals surface area (Å²) in [7, 11) is 0. The fourth-order valence-corrected chi connectivity index (χ4v) is 4.95. The average molecular weight is 502 g/mol. The van der Waals surface area contributed by atoms with Crippen molar-refractivity contribution in [1.82, 2.24) is 5.32 Å². The number of anilines is 1. The lowest BCUT2D eigenvalue weighted by Crippen LogP contribution is -2.24. The van der Waals surface area contributed by atoms with Gasteiger partial charge in [0.2, 0.25) is 0 Å². The number of allylic oxidation sites excluding steroid dienone is 1. The molecular formula is C34H35N3O. The van der Waals surface area contributed by atoms with Crippen molar-refractivity contribution in [3.05, 3.63) is 119 Å². The van der Waals surface area contributed by atoms with E-state index >= 15 is 0 Å². The Hall–Kier alpha value is -4.18. The average Bonchev–Trinajstić information content (AvgIpc) is 2.96. The quantitative estimate of drug-likeness (QED) is 0.282. The molecule has 1 heterocycles. The smallest absolute Gasteiger partial charge is 0.251 e. The number of hydrogen-bond acceptors (Lipinski definition) is 3. The standard InChI is InChI=1S/C34H35N3O/c1-4-19-35-34(38)27-10-8-9-26(21-27)32-18-13-23(3)30-11-6-7-12-31(30)33(37-32)36-29-17-16-25-15-14-24(5-2)20-28(25)22-29/h6-12,14-18,20-23H,4-5,13,19H2,1-3H3,(H,35,38)(H,36,37). The van der Waals surface area contributed by atoms with Crippen molar-refractivity contribution in [2.75, 3.05) is 11.9 Å². The Morgan fingerprint density at radius 1 is 0.921 bits per heavy atom. The van der Waals surface area contributed by atoms with Gasteiger partial charge in [0, 0.05) is 28.9 Å². The molecule has 1 unspecified atom stereocenters. The van der Waals surface area contributed by atoms with Crippen LogP contribution in [0.1, 0.15) is 72.1 Å². The van der Waals surface area contributed by atoms with Gasteiger partial charge in [-0.2, -0.15) is 0 Å². The van der Waals surface area contributed by atoms with Crippen LogP contribution in [0.15, 0.2) is 96.0 Å². The van der Waals surface area contributed by atoms with Gasteiger partial charge in [-0.1, -0.05) is 87.5 Å². The minimum absolute atomic E-state index is 0.0520. The number of rotatable bonds is 6. The number of nitrogens with zero attached hydrogens (tertiary/aromatic N) is 1. The Labute approximate surface area is 225 Å². The molecule has 38 heavy (non-hydrogen) atoms. The lowest BCUT2D eigenvalue weighted by molar-refractivity contribution is 0.0953. The summed E-state index contributed by atoms with van der Waals surface area (Å²) < 4.78 is 0. The molecule has 5 rings (SSSR count). The van der Waals surface area contributed by atoms with Crippen molar-refractivity contribution >= 4 is 33.9 Å². The molecule has 0 bridgehead atoms. The van der Waals surface area contributed by atoms with E-state index in [2.05, 4.69) is 98.1 Å². The molecule has 192 valence electrons. The number of carbonyl (C=O) groups is 1. The van der Waals surface area contributed by atoms with Crippen LogP contribution in [0.2, 0.25) is 0 Å². The monoisotopic (exact) mass is 501 g/mol. The third kappa shape index (κ3) is 5.55. The van der Waals surface area contributed by atoms with Crippen LogP contribution in [0.4, 0.5) is 5.69 Å². The van der Waals surface area contributed by atoms with E-state index in [0.29, 0.717) is 18.0 Å². The molecule has 0 radical (unpaired) electrons. The molecule has 4 aromatic carbocycles. The highest BCUT2D eigenvalue weighted by atomic mass is 16.1. The predicted octanol–water partition coefficient (Wildman–Crippen LogP) is 7.95. The predicted molar refractivity (Wildman–Crippen MR) is 160 cm³/mol. The van der Waals surface area contributed by atoms with Crippen LogP contribution in [0.5, 0.6) is 0 Å². The summed E-state index contributed by atoms with van der Waals surface area (Å²) in [5.41, 5.74) is 7.16. The van der Waals surface area contributed by atoms with Gasteiger partial charge in [-0.25, -0.2) is 4.99 Å². The minimum Gasteiger partial charge on any atom is -0.352 e. The Balaban J connectivity index is 1.57. The summed E-state index contributed by atoms with van der Waals surface area (Å²) in [5.74, 6) is 1.09. The molecule has 1 atom stereocenters. The molecule has 0 fully saturated rings. The van der Waals surface area contributed by atoms with Gasteiger partial charge in [-0.05, 0) is 71.3 Å². The van der Waals surface area contributed by atoms with Gasteiger partial charge in [-0.3, -0.25) is 4.79 Å². The van der Waals surface area contributed by atoms with Gasteiger partial charge >= 0.3 is 0 Å². The normalized spacial score (nSPS) is 15.1. The molecule has 4 aromatic rings. The third-order valence-corrected chi connectivity index (χ3v) is 7.18. The Bertz CT molecular complexity index is 1530. The topological polar surface area (TPSA) is 53.5 Å². The van der Waals surface area contributed by atoms with Crippen molar-refractivity contribution in [3.63, 3.8) is 0 Å². The number of benzene rings is 4. The van der Waals surface area contributed by atoms with E-state index < -0.39 is 0 Å². The number of carbonyl (C=O) groups excluding carboxylic acids is 1. The van der Waals surface area contributed by atoms with Gasteiger partial charge in [0.25, 0.3) is 5.91 Å². The highest BCUT2D eigenvalue weighted by Gasteiger charge is 2.19. The second kappa shape index (κ2) is 11.5. The summed E-state index contributed by atoms with van der Waals surface area (Å²) >= 11 is 0.